The van der Waals surface area contributed by atoms with E-state index in [0.29, 0.717) is 11.3 Å². The third-order valence-corrected chi connectivity index (χ3v) is 5.93. The molecule has 3 aromatic carbocycles. The van der Waals surface area contributed by atoms with E-state index in [1.165, 1.54) is 6.07 Å². The van der Waals surface area contributed by atoms with Crippen LogP contribution >= 0.6 is 0 Å². The molecule has 0 atom stereocenters. The molecule has 33 heavy (non-hydrogen) atoms. The van der Waals surface area contributed by atoms with Crippen LogP contribution in [0.15, 0.2) is 85.2 Å². The number of benzene rings is 3. The van der Waals surface area contributed by atoms with Gasteiger partial charge < -0.3 is 9.72 Å². The molecule has 0 fully saturated rings. The predicted molar refractivity (Wildman–Crippen MR) is 129 cm³/mol. The molecule has 6 rings (SSSR count). The summed E-state index contributed by atoms with van der Waals surface area (Å²) in [5.41, 5.74) is 6.91. The summed E-state index contributed by atoms with van der Waals surface area (Å²) in [6.07, 6.45) is 3.50. The Morgan fingerprint density at radius 2 is 1.67 bits per heavy atom. The van der Waals surface area contributed by atoms with Crippen LogP contribution in [0.3, 0.4) is 0 Å². The number of nitrogens with zero attached hydrogens (tertiary/aromatic N) is 2. The van der Waals surface area contributed by atoms with E-state index in [1.807, 2.05) is 54.7 Å². The number of aromatic amines is 2. The Bertz CT molecular complexity index is 1630. The van der Waals surface area contributed by atoms with Gasteiger partial charge in [0.2, 0.25) is 0 Å². The van der Waals surface area contributed by atoms with Crippen molar-refractivity contribution in [2.45, 2.75) is 0 Å². The molecule has 5 nitrogen and oxygen atoms in total. The standard InChI is InChI=1S/C27H19FN4O/c1-33-18-11-17(14-29-15-18)16-9-10-25-22(12-16)27(32-31-25)26-13-21-19(6-4-8-24(21)30-26)20-5-2-3-7-23(20)28/h2-15,30H,1H3,(H,31,32). The van der Waals surface area contributed by atoms with Gasteiger partial charge in [-0.2, -0.15) is 5.10 Å². The van der Waals surface area contributed by atoms with E-state index in [9.17, 15) is 4.39 Å². The smallest absolute Gasteiger partial charge is 0.137 e. The number of rotatable bonds is 4. The van der Waals surface area contributed by atoms with E-state index in [0.717, 1.165) is 49.9 Å². The second-order valence-corrected chi connectivity index (χ2v) is 7.88. The highest BCUT2D eigenvalue weighted by Gasteiger charge is 2.15. The summed E-state index contributed by atoms with van der Waals surface area (Å²) in [5.74, 6) is 0.464. The third kappa shape index (κ3) is 3.24. The second-order valence-electron chi connectivity index (χ2n) is 7.88. The van der Waals surface area contributed by atoms with Crippen LogP contribution in [-0.2, 0) is 0 Å². The van der Waals surface area contributed by atoms with Gasteiger partial charge in [0.15, 0.2) is 0 Å². The molecule has 0 saturated heterocycles. The topological polar surface area (TPSA) is 66.6 Å². The lowest BCUT2D eigenvalue weighted by Crippen LogP contribution is -1.86. The first kappa shape index (κ1) is 19.3. The molecule has 160 valence electrons. The van der Waals surface area contributed by atoms with E-state index >= 15 is 0 Å². The summed E-state index contributed by atoms with van der Waals surface area (Å²) in [7, 11) is 1.63. The summed E-state index contributed by atoms with van der Waals surface area (Å²) in [6.45, 7) is 0. The highest BCUT2D eigenvalue weighted by molar-refractivity contribution is 6.01. The van der Waals surface area contributed by atoms with Crippen molar-refractivity contribution < 1.29 is 9.13 Å². The minimum Gasteiger partial charge on any atom is -0.495 e. The molecule has 0 aliphatic heterocycles. The fraction of sp³-hybridized carbons (Fsp3) is 0.0370. The Hall–Kier alpha value is -4.45. The average Bonchev–Trinajstić information content (AvgIpc) is 3.48. The minimum atomic E-state index is -0.241. The number of aromatic nitrogens is 4. The normalized spacial score (nSPS) is 11.3. The molecule has 3 heterocycles. The van der Waals surface area contributed by atoms with Crippen molar-refractivity contribution in [3.8, 4) is 39.4 Å². The van der Waals surface area contributed by atoms with Crippen molar-refractivity contribution in [3.05, 3.63) is 91.0 Å². The first-order valence-corrected chi connectivity index (χ1v) is 10.6. The van der Waals surface area contributed by atoms with Crippen molar-refractivity contribution in [2.75, 3.05) is 7.11 Å². The number of H-pyrrole nitrogens is 2. The van der Waals surface area contributed by atoms with E-state index in [-0.39, 0.29) is 5.82 Å². The minimum absolute atomic E-state index is 0.241. The van der Waals surface area contributed by atoms with Gasteiger partial charge in [-0.05, 0) is 47.5 Å². The number of nitrogens with one attached hydrogen (secondary N) is 2. The second kappa shape index (κ2) is 7.60. The fourth-order valence-corrected chi connectivity index (χ4v) is 4.28. The van der Waals surface area contributed by atoms with Gasteiger partial charge in [-0.15, -0.1) is 0 Å². The molecule has 0 aliphatic carbocycles. The number of methoxy groups -OCH3 is 1. The third-order valence-electron chi connectivity index (χ3n) is 5.93. The maximum absolute atomic E-state index is 14.5. The summed E-state index contributed by atoms with van der Waals surface area (Å²) < 4.78 is 19.8. The van der Waals surface area contributed by atoms with Crippen LogP contribution in [0.1, 0.15) is 0 Å². The summed E-state index contributed by atoms with van der Waals surface area (Å²) in [5, 5.41) is 9.62. The highest BCUT2D eigenvalue weighted by Crippen LogP contribution is 2.36. The molecule has 0 amide bonds. The molecule has 0 aliphatic rings. The van der Waals surface area contributed by atoms with Crippen LogP contribution in [0.5, 0.6) is 5.75 Å². The van der Waals surface area contributed by atoms with Gasteiger partial charge >= 0.3 is 0 Å². The fourth-order valence-electron chi connectivity index (χ4n) is 4.28. The van der Waals surface area contributed by atoms with Gasteiger partial charge in [-0.1, -0.05) is 36.4 Å². The molecule has 3 aromatic heterocycles. The molecular weight excluding hydrogens is 415 g/mol. The Balaban J connectivity index is 1.50. The van der Waals surface area contributed by atoms with Gasteiger partial charge in [0.1, 0.15) is 17.3 Å². The van der Waals surface area contributed by atoms with Crippen LogP contribution in [0, 0.1) is 5.82 Å². The molecule has 2 N–H and O–H groups in total. The van der Waals surface area contributed by atoms with Crippen LogP contribution < -0.4 is 4.74 Å². The molecule has 6 heteroatoms. The van der Waals surface area contributed by atoms with Crippen LogP contribution in [0.25, 0.3) is 55.4 Å². The Kier molecular flexibility index (Phi) is 4.43. The number of hydrogen-bond donors (Lipinski definition) is 2. The van der Waals surface area contributed by atoms with E-state index < -0.39 is 0 Å². The predicted octanol–water partition coefficient (Wildman–Crippen LogP) is 6.59. The summed E-state index contributed by atoms with van der Waals surface area (Å²) >= 11 is 0. The lowest BCUT2D eigenvalue weighted by molar-refractivity contribution is 0.413. The van der Waals surface area contributed by atoms with Crippen LogP contribution in [-0.4, -0.2) is 27.3 Å². The molecule has 0 unspecified atom stereocenters. The number of ether oxygens (including phenoxy) is 1. The van der Waals surface area contributed by atoms with E-state index in [2.05, 4.69) is 26.2 Å². The number of pyridine rings is 1. The average molecular weight is 434 g/mol. The van der Waals surface area contributed by atoms with Crippen molar-refractivity contribution >= 4 is 21.8 Å². The van der Waals surface area contributed by atoms with Gasteiger partial charge in [0.05, 0.1) is 24.5 Å². The zero-order valence-corrected chi connectivity index (χ0v) is 17.8. The van der Waals surface area contributed by atoms with Crippen molar-refractivity contribution in [1.29, 1.82) is 0 Å². The highest BCUT2D eigenvalue weighted by atomic mass is 19.1. The maximum atomic E-state index is 14.5. The van der Waals surface area contributed by atoms with E-state index in [4.69, 9.17) is 4.74 Å². The van der Waals surface area contributed by atoms with Crippen molar-refractivity contribution in [2.24, 2.45) is 0 Å². The lowest BCUT2D eigenvalue weighted by Gasteiger charge is -2.05. The zero-order valence-electron chi connectivity index (χ0n) is 17.8. The van der Waals surface area contributed by atoms with E-state index in [1.54, 1.807) is 25.4 Å². The SMILES string of the molecule is COc1cncc(-c2ccc3[nH]nc(-c4cc5c(-c6ccccc6F)cccc5[nH]4)c3c2)c1. The number of halogens is 1. The van der Waals surface area contributed by atoms with Gasteiger partial charge in [-0.25, -0.2) is 4.39 Å². The molecule has 0 saturated carbocycles. The molecule has 6 aromatic rings. The van der Waals surface area contributed by atoms with Crippen LogP contribution in [0.4, 0.5) is 4.39 Å². The first-order chi connectivity index (χ1) is 16.2. The Morgan fingerprint density at radius 3 is 2.55 bits per heavy atom. The first-order valence-electron chi connectivity index (χ1n) is 10.6. The molecule has 0 bridgehead atoms. The van der Waals surface area contributed by atoms with Crippen molar-refractivity contribution in [3.63, 3.8) is 0 Å². The largest absolute Gasteiger partial charge is 0.495 e. The number of hydrogen-bond acceptors (Lipinski definition) is 3. The maximum Gasteiger partial charge on any atom is 0.137 e. The Labute approximate surface area is 188 Å². The zero-order chi connectivity index (χ0) is 22.4. The van der Waals surface area contributed by atoms with Gasteiger partial charge in [0.25, 0.3) is 0 Å². The quantitative estimate of drug-likeness (QED) is 0.329. The van der Waals surface area contributed by atoms with Crippen LogP contribution in [0.2, 0.25) is 0 Å². The molecule has 0 radical (unpaired) electrons. The van der Waals surface area contributed by atoms with Gasteiger partial charge in [0, 0.05) is 33.6 Å². The summed E-state index contributed by atoms with van der Waals surface area (Å²) in [4.78, 5) is 7.73. The summed E-state index contributed by atoms with van der Waals surface area (Å²) in [6, 6.07) is 22.8. The molecule has 0 spiro atoms. The number of fused-ring (bicyclic) bond motifs is 2. The molecular formula is C27H19FN4O. The lowest BCUT2D eigenvalue weighted by atomic mass is 10.0. The monoisotopic (exact) mass is 434 g/mol. The van der Waals surface area contributed by atoms with Crippen molar-refractivity contribution in [1.82, 2.24) is 20.2 Å². The Morgan fingerprint density at radius 1 is 0.788 bits per heavy atom. The van der Waals surface area contributed by atoms with Gasteiger partial charge in [-0.3, -0.25) is 10.1 Å².